The van der Waals surface area contributed by atoms with Crippen LogP contribution in [-0.2, 0) is 14.8 Å². The van der Waals surface area contributed by atoms with Crippen LogP contribution in [0.3, 0.4) is 0 Å². The summed E-state index contributed by atoms with van der Waals surface area (Å²) in [6.45, 7) is 4.76. The molecule has 1 unspecified atom stereocenters. The molecule has 0 aliphatic carbocycles. The van der Waals surface area contributed by atoms with Gasteiger partial charge in [0.2, 0.25) is 10.0 Å². The molecule has 1 atom stereocenters. The summed E-state index contributed by atoms with van der Waals surface area (Å²) in [5, 5.41) is 2.83. The average molecular weight is 385 g/mol. The Morgan fingerprint density at radius 1 is 1.35 bits per heavy atom. The number of morpholine rings is 1. The van der Waals surface area contributed by atoms with Crippen molar-refractivity contribution in [2.45, 2.75) is 24.3 Å². The van der Waals surface area contributed by atoms with Crippen LogP contribution in [0.4, 0.5) is 5.69 Å². The fourth-order valence-corrected chi connectivity index (χ4v) is 3.59. The summed E-state index contributed by atoms with van der Waals surface area (Å²) in [4.78, 5) is 14.9. The number of ether oxygens (including phenoxy) is 1. The molecule has 146 valence electrons. The predicted octanol–water partition coefficient (Wildman–Crippen LogP) is 0.241. The van der Waals surface area contributed by atoms with Crippen LogP contribution in [0.15, 0.2) is 23.1 Å². The van der Waals surface area contributed by atoms with Gasteiger partial charge in [-0.05, 0) is 31.5 Å². The largest absolute Gasteiger partial charge is 0.378 e. The van der Waals surface area contributed by atoms with Gasteiger partial charge in [-0.3, -0.25) is 4.79 Å². The zero-order valence-electron chi connectivity index (χ0n) is 15.6. The maximum Gasteiger partial charge on any atom is 0.253 e. The zero-order chi connectivity index (χ0) is 19.3. The first-order chi connectivity index (χ1) is 12.2. The van der Waals surface area contributed by atoms with E-state index in [0.29, 0.717) is 50.5 Å². The number of hydrogen-bond donors (Lipinski definition) is 2. The number of hydrogen-bond acceptors (Lipinski definition) is 6. The number of carbonyl (C=O) groups excluding carboxylic acids is 1. The molecule has 1 amide bonds. The normalized spacial score (nSPS) is 16.6. The molecule has 0 radical (unpaired) electrons. The molecular weight excluding hydrogens is 356 g/mol. The Labute approximate surface area is 155 Å². The van der Waals surface area contributed by atoms with Crippen molar-refractivity contribution in [3.63, 3.8) is 0 Å². The average Bonchev–Trinajstić information content (AvgIpc) is 2.61. The zero-order valence-corrected chi connectivity index (χ0v) is 16.4. The number of sulfonamides is 1. The maximum atomic E-state index is 12.7. The molecule has 3 N–H and O–H groups in total. The Morgan fingerprint density at radius 3 is 2.58 bits per heavy atom. The predicted molar refractivity (Wildman–Crippen MR) is 101 cm³/mol. The van der Waals surface area contributed by atoms with Crippen molar-refractivity contribution in [1.29, 1.82) is 0 Å². The van der Waals surface area contributed by atoms with E-state index < -0.39 is 10.0 Å². The lowest BCUT2D eigenvalue weighted by Crippen LogP contribution is -2.38. The summed E-state index contributed by atoms with van der Waals surface area (Å²) in [6.07, 6.45) is 0.647. The summed E-state index contributed by atoms with van der Waals surface area (Å²) in [5.41, 5.74) is 6.78. The summed E-state index contributed by atoms with van der Waals surface area (Å²) in [7, 11) is -0.692. The van der Waals surface area contributed by atoms with Crippen LogP contribution in [-0.4, -0.2) is 71.6 Å². The van der Waals surface area contributed by atoms with Crippen LogP contribution in [0.5, 0.6) is 0 Å². The lowest BCUT2D eigenvalue weighted by atomic mass is 10.1. The van der Waals surface area contributed by atoms with E-state index in [1.165, 1.54) is 20.2 Å². The minimum absolute atomic E-state index is 0.0190. The van der Waals surface area contributed by atoms with Crippen LogP contribution >= 0.6 is 0 Å². The fourth-order valence-electron chi connectivity index (χ4n) is 2.66. The van der Waals surface area contributed by atoms with E-state index in [9.17, 15) is 13.2 Å². The van der Waals surface area contributed by atoms with Crippen molar-refractivity contribution in [3.8, 4) is 0 Å². The highest BCUT2D eigenvalue weighted by molar-refractivity contribution is 7.89. The molecule has 0 spiro atoms. The third-order valence-electron chi connectivity index (χ3n) is 4.23. The maximum absolute atomic E-state index is 12.7. The van der Waals surface area contributed by atoms with Gasteiger partial charge in [0.1, 0.15) is 0 Å². The first-order valence-corrected chi connectivity index (χ1v) is 10.1. The number of amides is 1. The van der Waals surface area contributed by atoms with Gasteiger partial charge >= 0.3 is 0 Å². The monoisotopic (exact) mass is 384 g/mol. The number of rotatable bonds is 7. The number of anilines is 1. The van der Waals surface area contributed by atoms with Crippen LogP contribution in [0.1, 0.15) is 23.7 Å². The minimum atomic E-state index is -3.62. The molecule has 9 heteroatoms. The van der Waals surface area contributed by atoms with E-state index in [-0.39, 0.29) is 16.8 Å². The second-order valence-electron chi connectivity index (χ2n) is 6.59. The molecule has 1 heterocycles. The third kappa shape index (κ3) is 4.94. The second kappa shape index (κ2) is 8.81. The molecule has 1 aromatic carbocycles. The van der Waals surface area contributed by atoms with E-state index in [0.717, 1.165) is 4.31 Å². The second-order valence-corrected chi connectivity index (χ2v) is 8.74. The summed E-state index contributed by atoms with van der Waals surface area (Å²) in [6, 6.07) is 4.66. The molecule has 1 aliphatic rings. The van der Waals surface area contributed by atoms with Crippen LogP contribution in [0, 0.1) is 0 Å². The molecule has 0 bridgehead atoms. The molecule has 2 rings (SSSR count). The van der Waals surface area contributed by atoms with Gasteiger partial charge in [0, 0.05) is 45.5 Å². The van der Waals surface area contributed by atoms with Gasteiger partial charge in [0.25, 0.3) is 5.91 Å². The highest BCUT2D eigenvalue weighted by atomic mass is 32.2. The summed E-state index contributed by atoms with van der Waals surface area (Å²) in [5.74, 6) is -0.303. The lowest BCUT2D eigenvalue weighted by molar-refractivity contribution is 0.0951. The Kier molecular flexibility index (Phi) is 6.99. The highest BCUT2D eigenvalue weighted by Crippen LogP contribution is 2.26. The van der Waals surface area contributed by atoms with Gasteiger partial charge in [0.15, 0.2) is 0 Å². The van der Waals surface area contributed by atoms with Crippen molar-refractivity contribution < 1.29 is 17.9 Å². The quantitative estimate of drug-likeness (QED) is 0.698. The van der Waals surface area contributed by atoms with Gasteiger partial charge in [-0.25, -0.2) is 12.7 Å². The number of nitrogens with two attached hydrogens (primary N) is 1. The van der Waals surface area contributed by atoms with Crippen molar-refractivity contribution in [2.24, 2.45) is 5.73 Å². The molecule has 1 fully saturated rings. The van der Waals surface area contributed by atoms with Gasteiger partial charge in [-0.2, -0.15) is 0 Å². The van der Waals surface area contributed by atoms with Crippen LogP contribution in [0.2, 0.25) is 0 Å². The SMILES string of the molecule is CC(N)CCNC(=O)c1cc(S(=O)(=O)N(C)C)ccc1N1CCOCC1. The summed E-state index contributed by atoms with van der Waals surface area (Å²) >= 11 is 0. The smallest absolute Gasteiger partial charge is 0.253 e. The van der Waals surface area contributed by atoms with E-state index in [4.69, 9.17) is 10.5 Å². The van der Waals surface area contributed by atoms with Crippen molar-refractivity contribution >= 4 is 21.6 Å². The number of nitrogens with zero attached hydrogens (tertiary/aromatic N) is 2. The van der Waals surface area contributed by atoms with E-state index in [1.54, 1.807) is 12.1 Å². The third-order valence-corrected chi connectivity index (χ3v) is 6.04. The summed E-state index contributed by atoms with van der Waals surface area (Å²) < 4.78 is 31.4. The Hall–Kier alpha value is -1.68. The topological polar surface area (TPSA) is 105 Å². The molecule has 1 saturated heterocycles. The van der Waals surface area contributed by atoms with Gasteiger partial charge < -0.3 is 20.7 Å². The standard InChI is InChI=1S/C17H28N4O4S/c1-13(18)6-7-19-17(22)15-12-14(26(23,24)20(2)3)4-5-16(15)21-8-10-25-11-9-21/h4-5,12-13H,6-11,18H2,1-3H3,(H,19,22). The molecule has 0 saturated carbocycles. The number of carbonyl (C=O) groups is 1. The van der Waals surface area contributed by atoms with Crippen LogP contribution in [0.25, 0.3) is 0 Å². The minimum Gasteiger partial charge on any atom is -0.378 e. The molecule has 1 aromatic rings. The van der Waals surface area contributed by atoms with Crippen molar-refractivity contribution in [2.75, 3.05) is 51.8 Å². The molecule has 0 aromatic heterocycles. The van der Waals surface area contributed by atoms with Gasteiger partial charge in [-0.15, -0.1) is 0 Å². The molecular formula is C17H28N4O4S. The van der Waals surface area contributed by atoms with Gasteiger partial charge in [-0.1, -0.05) is 0 Å². The number of benzene rings is 1. The Morgan fingerprint density at radius 2 is 2.00 bits per heavy atom. The van der Waals surface area contributed by atoms with Crippen LogP contribution < -0.4 is 16.0 Å². The first-order valence-electron chi connectivity index (χ1n) is 8.66. The first kappa shape index (κ1) is 20.6. The Bertz CT molecular complexity index is 728. The number of nitrogens with one attached hydrogen (secondary N) is 1. The molecule has 8 nitrogen and oxygen atoms in total. The van der Waals surface area contributed by atoms with E-state index >= 15 is 0 Å². The van der Waals surface area contributed by atoms with Crippen molar-refractivity contribution in [3.05, 3.63) is 23.8 Å². The van der Waals surface area contributed by atoms with E-state index in [2.05, 4.69) is 5.32 Å². The highest BCUT2D eigenvalue weighted by Gasteiger charge is 2.24. The van der Waals surface area contributed by atoms with Gasteiger partial charge in [0.05, 0.1) is 23.7 Å². The lowest BCUT2D eigenvalue weighted by Gasteiger charge is -2.30. The van der Waals surface area contributed by atoms with E-state index in [1.807, 2.05) is 11.8 Å². The van der Waals surface area contributed by atoms with Crippen molar-refractivity contribution in [1.82, 2.24) is 9.62 Å². The Balaban J connectivity index is 2.36. The molecule has 1 aliphatic heterocycles. The molecule has 26 heavy (non-hydrogen) atoms. The fraction of sp³-hybridized carbons (Fsp3) is 0.588.